The van der Waals surface area contributed by atoms with Gasteiger partial charge in [0.25, 0.3) is 0 Å². The third kappa shape index (κ3) is 5.29. The molecule has 0 aliphatic carbocycles. The number of hydrogen-bond donors (Lipinski definition) is 0. The van der Waals surface area contributed by atoms with Crippen molar-refractivity contribution >= 4 is 27.3 Å². The number of nitrogens with zero attached hydrogens (tertiary/aromatic N) is 3. The molecule has 166 valence electrons. The molecule has 11 heteroatoms. The Morgan fingerprint density at radius 3 is 2.52 bits per heavy atom. The number of halogens is 5. The summed E-state index contributed by atoms with van der Waals surface area (Å²) in [6, 6.07) is 8.10. The van der Waals surface area contributed by atoms with Gasteiger partial charge in [-0.1, -0.05) is 11.6 Å². The summed E-state index contributed by atoms with van der Waals surface area (Å²) >= 11 is 6.12. The molecule has 1 heterocycles. The molecule has 0 radical (unpaired) electrons. The van der Waals surface area contributed by atoms with Crippen LogP contribution in [0.2, 0.25) is 5.02 Å². The molecule has 1 saturated heterocycles. The standard InChI is InChI=1S/C20H18ClF4N3O2S/c1-31(29,30)27-7-6-17(12-27)28(16-4-2-13(10-26)19(21)9-16)11-14-8-15(22)3-5-18(14)20(23,24)25/h2-5,8-9,17H,6-7,11-12H2,1H3. The molecule has 1 aliphatic rings. The third-order valence-electron chi connectivity index (χ3n) is 5.15. The third-order valence-corrected chi connectivity index (χ3v) is 6.74. The summed E-state index contributed by atoms with van der Waals surface area (Å²) in [6.45, 7) is -0.0521. The minimum atomic E-state index is -4.69. The second-order valence-corrected chi connectivity index (χ2v) is 9.66. The zero-order chi connectivity index (χ0) is 23.0. The SMILES string of the molecule is CS(=O)(=O)N1CCC(N(Cc2cc(F)ccc2C(F)(F)F)c2ccc(C#N)c(Cl)c2)C1. The fraction of sp³-hybridized carbons (Fsp3) is 0.350. The molecule has 0 saturated carbocycles. The molecule has 1 fully saturated rings. The Bertz CT molecular complexity index is 1130. The van der Waals surface area contributed by atoms with Gasteiger partial charge in [0.1, 0.15) is 11.9 Å². The topological polar surface area (TPSA) is 64.4 Å². The van der Waals surface area contributed by atoms with E-state index in [1.807, 2.05) is 6.07 Å². The van der Waals surface area contributed by atoms with Gasteiger partial charge in [0.2, 0.25) is 10.0 Å². The van der Waals surface area contributed by atoms with Crippen LogP contribution < -0.4 is 4.90 Å². The zero-order valence-corrected chi connectivity index (χ0v) is 17.9. The van der Waals surface area contributed by atoms with Crippen molar-refractivity contribution in [2.45, 2.75) is 25.2 Å². The highest BCUT2D eigenvalue weighted by molar-refractivity contribution is 7.88. The Morgan fingerprint density at radius 2 is 1.97 bits per heavy atom. The lowest BCUT2D eigenvalue weighted by molar-refractivity contribution is -0.138. The van der Waals surface area contributed by atoms with Gasteiger partial charge in [0, 0.05) is 31.4 Å². The van der Waals surface area contributed by atoms with Gasteiger partial charge in [-0.3, -0.25) is 0 Å². The molecule has 31 heavy (non-hydrogen) atoms. The second-order valence-electron chi connectivity index (χ2n) is 7.27. The van der Waals surface area contributed by atoms with E-state index in [2.05, 4.69) is 0 Å². The molecule has 2 aromatic rings. The van der Waals surface area contributed by atoms with Crippen LogP contribution >= 0.6 is 11.6 Å². The predicted molar refractivity (Wildman–Crippen MR) is 109 cm³/mol. The van der Waals surface area contributed by atoms with Gasteiger partial charge in [0.05, 0.1) is 22.4 Å². The molecule has 0 spiro atoms. The lowest BCUT2D eigenvalue weighted by Crippen LogP contribution is -2.39. The van der Waals surface area contributed by atoms with Crippen LogP contribution in [0.15, 0.2) is 36.4 Å². The largest absolute Gasteiger partial charge is 0.416 e. The van der Waals surface area contributed by atoms with E-state index in [0.29, 0.717) is 18.2 Å². The molecule has 0 bridgehead atoms. The summed E-state index contributed by atoms with van der Waals surface area (Å²) in [6.07, 6.45) is -3.26. The van der Waals surface area contributed by atoms with Crippen LogP contribution in [0.3, 0.4) is 0 Å². The number of rotatable bonds is 5. The van der Waals surface area contributed by atoms with Crippen molar-refractivity contribution in [2.24, 2.45) is 0 Å². The van der Waals surface area contributed by atoms with Crippen molar-refractivity contribution in [3.63, 3.8) is 0 Å². The molecular weight excluding hydrogens is 458 g/mol. The normalized spacial score (nSPS) is 17.5. The maximum atomic E-state index is 13.8. The van der Waals surface area contributed by atoms with Crippen LogP contribution in [0.1, 0.15) is 23.1 Å². The first-order valence-electron chi connectivity index (χ1n) is 9.17. The molecule has 0 amide bonds. The van der Waals surface area contributed by atoms with E-state index >= 15 is 0 Å². The van der Waals surface area contributed by atoms with Crippen LogP contribution in [0.5, 0.6) is 0 Å². The highest BCUT2D eigenvalue weighted by atomic mass is 35.5. The maximum absolute atomic E-state index is 13.8. The lowest BCUT2D eigenvalue weighted by Gasteiger charge is -2.32. The lowest BCUT2D eigenvalue weighted by atomic mass is 10.0. The summed E-state index contributed by atoms with van der Waals surface area (Å²) in [5.41, 5.74) is -0.666. The minimum Gasteiger partial charge on any atom is -0.363 e. The molecule has 0 aromatic heterocycles. The maximum Gasteiger partial charge on any atom is 0.416 e. The van der Waals surface area contributed by atoms with Crippen molar-refractivity contribution in [1.29, 1.82) is 5.26 Å². The molecule has 1 aliphatic heterocycles. The Balaban J connectivity index is 2.05. The number of benzene rings is 2. The van der Waals surface area contributed by atoms with Gasteiger partial charge >= 0.3 is 6.18 Å². The first-order valence-corrected chi connectivity index (χ1v) is 11.4. The highest BCUT2D eigenvalue weighted by Gasteiger charge is 2.36. The number of nitriles is 1. The highest BCUT2D eigenvalue weighted by Crippen LogP contribution is 2.35. The van der Waals surface area contributed by atoms with Crippen molar-refractivity contribution < 1.29 is 26.0 Å². The van der Waals surface area contributed by atoms with Gasteiger partial charge in [-0.2, -0.15) is 18.4 Å². The van der Waals surface area contributed by atoms with E-state index in [9.17, 15) is 26.0 Å². The monoisotopic (exact) mass is 475 g/mol. The van der Waals surface area contributed by atoms with E-state index in [4.69, 9.17) is 16.9 Å². The van der Waals surface area contributed by atoms with Crippen LogP contribution in [0.25, 0.3) is 0 Å². The molecule has 3 rings (SSSR count). The van der Waals surface area contributed by atoms with Gasteiger partial charge in [-0.05, 0) is 48.4 Å². The molecule has 0 N–H and O–H groups in total. The van der Waals surface area contributed by atoms with Gasteiger partial charge in [0.15, 0.2) is 0 Å². The van der Waals surface area contributed by atoms with Crippen LogP contribution in [-0.4, -0.2) is 38.1 Å². The van der Waals surface area contributed by atoms with Crippen molar-refractivity contribution in [1.82, 2.24) is 4.31 Å². The molecule has 1 atom stereocenters. The Morgan fingerprint density at radius 1 is 1.26 bits per heavy atom. The van der Waals surface area contributed by atoms with Gasteiger partial charge in [-0.25, -0.2) is 17.1 Å². The average molecular weight is 476 g/mol. The van der Waals surface area contributed by atoms with E-state index < -0.39 is 33.6 Å². The molecule has 2 aromatic carbocycles. The number of sulfonamides is 1. The Kier molecular flexibility index (Phi) is 6.51. The first kappa shape index (κ1) is 23.3. The van der Waals surface area contributed by atoms with Gasteiger partial charge < -0.3 is 4.90 Å². The smallest absolute Gasteiger partial charge is 0.363 e. The van der Waals surface area contributed by atoms with E-state index in [1.165, 1.54) is 22.5 Å². The summed E-state index contributed by atoms with van der Waals surface area (Å²) < 4.78 is 79.4. The van der Waals surface area contributed by atoms with E-state index in [1.54, 1.807) is 4.90 Å². The summed E-state index contributed by atoms with van der Waals surface area (Å²) in [4.78, 5) is 1.57. The Labute approximate surface area is 182 Å². The summed E-state index contributed by atoms with van der Waals surface area (Å²) in [7, 11) is -3.48. The van der Waals surface area contributed by atoms with Crippen LogP contribution in [0, 0.1) is 17.1 Å². The molecule has 1 unspecified atom stereocenters. The number of anilines is 1. The minimum absolute atomic E-state index is 0.0626. The number of hydrogen-bond acceptors (Lipinski definition) is 4. The van der Waals surface area contributed by atoms with Gasteiger partial charge in [-0.15, -0.1) is 0 Å². The van der Waals surface area contributed by atoms with Crippen LogP contribution in [0.4, 0.5) is 23.2 Å². The predicted octanol–water partition coefficient (Wildman–Crippen LogP) is 4.41. The fourth-order valence-electron chi connectivity index (χ4n) is 3.62. The Hall–Kier alpha value is -2.35. The molecular formula is C20H18ClF4N3O2S. The average Bonchev–Trinajstić information content (AvgIpc) is 3.15. The van der Waals surface area contributed by atoms with Crippen molar-refractivity contribution in [2.75, 3.05) is 24.2 Å². The first-order chi connectivity index (χ1) is 14.4. The van der Waals surface area contributed by atoms with E-state index in [0.717, 1.165) is 18.4 Å². The van der Waals surface area contributed by atoms with Crippen molar-refractivity contribution in [3.05, 3.63) is 63.9 Å². The second kappa shape index (κ2) is 8.65. The van der Waals surface area contributed by atoms with Crippen LogP contribution in [-0.2, 0) is 22.7 Å². The summed E-state index contributed by atoms with van der Waals surface area (Å²) in [5.74, 6) is -0.815. The zero-order valence-electron chi connectivity index (χ0n) is 16.3. The van der Waals surface area contributed by atoms with E-state index in [-0.39, 0.29) is 35.8 Å². The fourth-order valence-corrected chi connectivity index (χ4v) is 4.72. The van der Waals surface area contributed by atoms with Crippen molar-refractivity contribution in [3.8, 4) is 6.07 Å². The summed E-state index contributed by atoms with van der Waals surface area (Å²) in [5, 5.41) is 9.20. The quantitative estimate of drug-likeness (QED) is 0.601. The number of alkyl halides is 3. The molecule has 5 nitrogen and oxygen atoms in total.